The van der Waals surface area contributed by atoms with Gasteiger partial charge in [-0.2, -0.15) is 0 Å². The fourth-order valence-electron chi connectivity index (χ4n) is 1.10. The van der Waals surface area contributed by atoms with Gasteiger partial charge in [-0.25, -0.2) is 8.78 Å². The van der Waals surface area contributed by atoms with Crippen LogP contribution in [-0.4, -0.2) is 19.9 Å². The maximum absolute atomic E-state index is 12.9. The Morgan fingerprint density at radius 3 is 2.36 bits per heavy atom. The van der Waals surface area contributed by atoms with Gasteiger partial charge in [0.15, 0.2) is 11.6 Å². The molecule has 0 aliphatic carbocycles. The average molecular weight is 199 g/mol. The Labute approximate surface area is 81.2 Å². The molecule has 0 spiro atoms. The van der Waals surface area contributed by atoms with E-state index >= 15 is 0 Å². The van der Waals surface area contributed by atoms with Crippen molar-refractivity contribution < 1.29 is 13.5 Å². The van der Waals surface area contributed by atoms with Gasteiger partial charge in [0.25, 0.3) is 0 Å². The Kier molecular flexibility index (Phi) is 3.17. The minimum Gasteiger partial charge on any atom is -0.496 e. The predicted octanol–water partition coefficient (Wildman–Crippen LogP) is 2.41. The van der Waals surface area contributed by atoms with Crippen LogP contribution in [0.1, 0.15) is 12.5 Å². The van der Waals surface area contributed by atoms with E-state index in [0.29, 0.717) is 11.3 Å². The second-order valence-corrected chi connectivity index (χ2v) is 2.78. The Morgan fingerprint density at radius 2 is 1.86 bits per heavy atom. The van der Waals surface area contributed by atoms with Gasteiger partial charge >= 0.3 is 0 Å². The molecule has 0 N–H and O–H groups in total. The molecule has 14 heavy (non-hydrogen) atoms. The molecule has 0 heterocycles. The molecule has 0 atom stereocenters. The van der Waals surface area contributed by atoms with Gasteiger partial charge in [-0.05, 0) is 13.0 Å². The molecular weight excluding hydrogens is 188 g/mol. The Hall–Kier alpha value is -1.45. The third kappa shape index (κ3) is 1.89. The Balaban J connectivity index is 3.34. The zero-order valence-corrected chi connectivity index (χ0v) is 8.27. The highest BCUT2D eigenvalue weighted by atomic mass is 19.2. The predicted molar refractivity (Wildman–Crippen MR) is 51.0 cm³/mol. The molecular formula is C10H11F2NO. The van der Waals surface area contributed by atoms with Gasteiger partial charge in [-0.1, -0.05) is 0 Å². The molecule has 0 radical (unpaired) electrons. The summed E-state index contributed by atoms with van der Waals surface area (Å²) in [5, 5.41) is 0. The van der Waals surface area contributed by atoms with E-state index in [0.717, 1.165) is 12.1 Å². The van der Waals surface area contributed by atoms with E-state index in [9.17, 15) is 8.78 Å². The van der Waals surface area contributed by atoms with Crippen molar-refractivity contribution in [1.82, 2.24) is 0 Å². The molecule has 0 bridgehead atoms. The summed E-state index contributed by atoms with van der Waals surface area (Å²) >= 11 is 0. The van der Waals surface area contributed by atoms with Crippen LogP contribution in [0.25, 0.3) is 0 Å². The molecule has 1 aromatic rings. The number of hydrogen-bond donors (Lipinski definition) is 0. The topological polar surface area (TPSA) is 21.6 Å². The van der Waals surface area contributed by atoms with Crippen molar-refractivity contribution >= 4 is 5.71 Å². The zero-order valence-electron chi connectivity index (χ0n) is 8.27. The molecule has 0 aliphatic heterocycles. The second-order valence-electron chi connectivity index (χ2n) is 2.78. The van der Waals surface area contributed by atoms with Crippen molar-refractivity contribution in [2.45, 2.75) is 6.92 Å². The van der Waals surface area contributed by atoms with E-state index in [4.69, 9.17) is 4.74 Å². The van der Waals surface area contributed by atoms with Crippen LogP contribution < -0.4 is 4.74 Å². The van der Waals surface area contributed by atoms with E-state index in [1.54, 1.807) is 14.0 Å². The van der Waals surface area contributed by atoms with Crippen molar-refractivity contribution in [3.8, 4) is 5.75 Å². The lowest BCUT2D eigenvalue weighted by atomic mass is 10.1. The number of rotatable bonds is 2. The van der Waals surface area contributed by atoms with Crippen molar-refractivity contribution in [1.29, 1.82) is 0 Å². The highest BCUT2D eigenvalue weighted by Crippen LogP contribution is 2.22. The summed E-state index contributed by atoms with van der Waals surface area (Å²) < 4.78 is 30.6. The maximum atomic E-state index is 12.9. The van der Waals surface area contributed by atoms with Crippen LogP contribution in [0.15, 0.2) is 17.1 Å². The molecule has 0 saturated carbocycles. The van der Waals surface area contributed by atoms with Crippen LogP contribution in [0, 0.1) is 11.6 Å². The molecule has 1 aromatic carbocycles. The summed E-state index contributed by atoms with van der Waals surface area (Å²) in [6.45, 7) is 1.70. The average Bonchev–Trinajstić information content (AvgIpc) is 2.20. The molecule has 2 nitrogen and oxygen atoms in total. The van der Waals surface area contributed by atoms with Crippen molar-refractivity contribution in [3.05, 3.63) is 29.3 Å². The molecule has 0 saturated heterocycles. The zero-order chi connectivity index (χ0) is 10.7. The SMILES string of the molecule is CN=C(C)c1cc(F)c(F)cc1OC. The quantitative estimate of drug-likeness (QED) is 0.670. The number of methoxy groups -OCH3 is 1. The summed E-state index contributed by atoms with van der Waals surface area (Å²) in [6, 6.07) is 2.09. The minimum atomic E-state index is -0.922. The summed E-state index contributed by atoms with van der Waals surface area (Å²) in [5.41, 5.74) is 1.06. The molecule has 1 rings (SSSR count). The lowest BCUT2D eigenvalue weighted by Gasteiger charge is -2.08. The smallest absolute Gasteiger partial charge is 0.162 e. The highest BCUT2D eigenvalue weighted by molar-refractivity contribution is 6.01. The molecule has 0 unspecified atom stereocenters. The maximum Gasteiger partial charge on any atom is 0.162 e. The largest absolute Gasteiger partial charge is 0.496 e. The van der Waals surface area contributed by atoms with Gasteiger partial charge in [-0.3, -0.25) is 4.99 Å². The van der Waals surface area contributed by atoms with E-state index in [-0.39, 0.29) is 5.75 Å². The normalized spacial score (nSPS) is 11.6. The lowest BCUT2D eigenvalue weighted by Crippen LogP contribution is -2.01. The van der Waals surface area contributed by atoms with Gasteiger partial charge in [0.05, 0.1) is 7.11 Å². The first-order chi connectivity index (χ1) is 6.60. The fraction of sp³-hybridized carbons (Fsp3) is 0.300. The number of nitrogens with zero attached hydrogens (tertiary/aromatic N) is 1. The third-order valence-electron chi connectivity index (χ3n) is 1.97. The monoisotopic (exact) mass is 199 g/mol. The number of hydrogen-bond acceptors (Lipinski definition) is 2. The first-order valence-corrected chi connectivity index (χ1v) is 4.07. The Bertz CT molecular complexity index is 375. The van der Waals surface area contributed by atoms with Crippen LogP contribution in [-0.2, 0) is 0 Å². The molecule has 0 aromatic heterocycles. The van der Waals surface area contributed by atoms with Crippen LogP contribution in [0.4, 0.5) is 8.78 Å². The van der Waals surface area contributed by atoms with Gasteiger partial charge < -0.3 is 4.74 Å². The third-order valence-corrected chi connectivity index (χ3v) is 1.97. The van der Waals surface area contributed by atoms with E-state index in [2.05, 4.69) is 4.99 Å². The van der Waals surface area contributed by atoms with Crippen molar-refractivity contribution in [3.63, 3.8) is 0 Å². The second kappa shape index (κ2) is 4.17. The van der Waals surface area contributed by atoms with Gasteiger partial charge in [0.2, 0.25) is 0 Å². The number of benzene rings is 1. The van der Waals surface area contributed by atoms with Crippen molar-refractivity contribution in [2.75, 3.05) is 14.2 Å². The molecule has 4 heteroatoms. The number of ether oxygens (including phenoxy) is 1. The fourth-order valence-corrected chi connectivity index (χ4v) is 1.10. The molecule has 0 fully saturated rings. The van der Waals surface area contributed by atoms with Crippen molar-refractivity contribution in [2.24, 2.45) is 4.99 Å². The van der Waals surface area contributed by atoms with Gasteiger partial charge in [-0.15, -0.1) is 0 Å². The first-order valence-electron chi connectivity index (χ1n) is 4.07. The standard InChI is InChI=1S/C10H11F2NO/c1-6(13-2)7-4-8(11)9(12)5-10(7)14-3/h4-5H,1-3H3. The molecule has 0 aliphatic rings. The molecule has 76 valence electrons. The summed E-state index contributed by atoms with van der Waals surface area (Å²) in [5.74, 6) is -1.54. The van der Waals surface area contributed by atoms with Gasteiger partial charge in [0.1, 0.15) is 5.75 Å². The van der Waals surface area contributed by atoms with Crippen LogP contribution in [0.3, 0.4) is 0 Å². The lowest BCUT2D eigenvalue weighted by molar-refractivity contribution is 0.405. The first kappa shape index (κ1) is 10.6. The highest BCUT2D eigenvalue weighted by Gasteiger charge is 2.11. The van der Waals surface area contributed by atoms with E-state index in [1.165, 1.54) is 7.11 Å². The number of aliphatic imine (C=N–C) groups is 1. The summed E-state index contributed by atoms with van der Waals surface area (Å²) in [7, 11) is 2.98. The molecule has 0 amide bonds. The minimum absolute atomic E-state index is 0.284. The van der Waals surface area contributed by atoms with Crippen LogP contribution in [0.5, 0.6) is 5.75 Å². The van der Waals surface area contributed by atoms with Gasteiger partial charge in [0, 0.05) is 24.4 Å². The Morgan fingerprint density at radius 1 is 1.29 bits per heavy atom. The number of halogens is 2. The summed E-state index contributed by atoms with van der Waals surface area (Å²) in [6.07, 6.45) is 0. The van der Waals surface area contributed by atoms with E-state index < -0.39 is 11.6 Å². The summed E-state index contributed by atoms with van der Waals surface area (Å²) in [4.78, 5) is 3.89. The van der Waals surface area contributed by atoms with Crippen LogP contribution >= 0.6 is 0 Å². The van der Waals surface area contributed by atoms with Crippen LogP contribution in [0.2, 0.25) is 0 Å². The van der Waals surface area contributed by atoms with E-state index in [1.807, 2.05) is 0 Å².